The molecule has 3 aromatic heterocycles. The van der Waals surface area contributed by atoms with Crippen LogP contribution >= 0.6 is 11.3 Å². The lowest BCUT2D eigenvalue weighted by Crippen LogP contribution is -2.28. The van der Waals surface area contributed by atoms with Crippen molar-refractivity contribution >= 4 is 34.1 Å². The number of rotatable bonds is 9. The van der Waals surface area contributed by atoms with Crippen LogP contribution < -0.4 is 15.4 Å². The molecule has 0 saturated carbocycles. The van der Waals surface area contributed by atoms with E-state index in [0.717, 1.165) is 28.2 Å². The molecule has 0 fully saturated rings. The van der Waals surface area contributed by atoms with Crippen molar-refractivity contribution in [1.82, 2.24) is 25.1 Å². The summed E-state index contributed by atoms with van der Waals surface area (Å²) in [6.45, 7) is 1.70. The molecule has 0 aliphatic carbocycles. The highest BCUT2D eigenvalue weighted by Gasteiger charge is 2.10. The Labute approximate surface area is 177 Å². The number of thiophene rings is 1. The summed E-state index contributed by atoms with van der Waals surface area (Å²) in [5, 5.41) is 13.6. The summed E-state index contributed by atoms with van der Waals surface area (Å²) < 4.78 is 6.91. The third-order valence-electron chi connectivity index (χ3n) is 4.61. The van der Waals surface area contributed by atoms with Crippen molar-refractivity contribution in [2.75, 3.05) is 19.0 Å². The van der Waals surface area contributed by atoms with Gasteiger partial charge in [0.05, 0.1) is 38.2 Å². The maximum atomic E-state index is 12.2. The van der Waals surface area contributed by atoms with Gasteiger partial charge in [0, 0.05) is 11.4 Å². The zero-order valence-corrected chi connectivity index (χ0v) is 17.4. The zero-order valence-electron chi connectivity index (χ0n) is 16.5. The van der Waals surface area contributed by atoms with Crippen molar-refractivity contribution in [2.24, 2.45) is 0 Å². The minimum Gasteiger partial charge on any atom is -0.497 e. The molecule has 9 heteroatoms. The highest BCUT2D eigenvalue weighted by Crippen LogP contribution is 2.20. The van der Waals surface area contributed by atoms with E-state index in [1.165, 1.54) is 11.2 Å². The molecule has 3 heterocycles. The normalized spacial score (nSPS) is 10.8. The monoisotopic (exact) mass is 422 g/mol. The number of ether oxygens (including phenoxy) is 1. The summed E-state index contributed by atoms with van der Waals surface area (Å²) in [4.78, 5) is 22.1. The number of hydrogen-bond acceptors (Lipinski definition) is 7. The molecule has 0 bridgehead atoms. The molecule has 0 saturated heterocycles. The fourth-order valence-corrected chi connectivity index (χ4v) is 3.72. The molecular formula is C21H22N6O2S. The molecule has 0 atom stereocenters. The van der Waals surface area contributed by atoms with Gasteiger partial charge in [0.25, 0.3) is 0 Å². The highest BCUT2D eigenvalue weighted by atomic mass is 32.1. The van der Waals surface area contributed by atoms with Crippen LogP contribution in [0.15, 0.2) is 54.3 Å². The van der Waals surface area contributed by atoms with Crippen LogP contribution in [0.5, 0.6) is 5.75 Å². The van der Waals surface area contributed by atoms with Gasteiger partial charge in [-0.2, -0.15) is 5.10 Å². The molecular weight excluding hydrogens is 400 g/mol. The first-order valence-corrected chi connectivity index (χ1v) is 10.4. The smallest absolute Gasteiger partial charge is 0.224 e. The molecule has 1 amide bonds. The number of hydrogen-bond donors (Lipinski definition) is 2. The zero-order chi connectivity index (χ0) is 20.8. The van der Waals surface area contributed by atoms with Crippen LogP contribution in [0, 0.1) is 0 Å². The second kappa shape index (κ2) is 9.36. The third-order valence-corrected chi connectivity index (χ3v) is 5.49. The second-order valence-corrected chi connectivity index (χ2v) is 7.67. The second-order valence-electron chi connectivity index (χ2n) is 6.63. The number of aromatic nitrogens is 4. The number of anilines is 1. The average Bonchev–Trinajstić information content (AvgIpc) is 3.43. The number of nitrogens with zero attached hydrogens (tertiary/aromatic N) is 4. The van der Waals surface area contributed by atoms with Gasteiger partial charge in [-0.05, 0) is 29.1 Å². The Hall–Kier alpha value is -3.46. The van der Waals surface area contributed by atoms with Crippen LogP contribution in [0.1, 0.15) is 10.4 Å². The quantitative estimate of drug-likeness (QED) is 0.431. The topological polar surface area (TPSA) is 94.0 Å². The van der Waals surface area contributed by atoms with Gasteiger partial charge in [-0.1, -0.05) is 18.2 Å². The summed E-state index contributed by atoms with van der Waals surface area (Å²) in [7, 11) is 1.62. The fourth-order valence-electron chi connectivity index (χ4n) is 3.07. The molecule has 0 aliphatic heterocycles. The van der Waals surface area contributed by atoms with Crippen LogP contribution in [0.2, 0.25) is 0 Å². The number of fused-ring (bicyclic) bond motifs is 1. The summed E-state index contributed by atoms with van der Waals surface area (Å²) in [5.74, 6) is 1.49. The van der Waals surface area contributed by atoms with E-state index in [0.29, 0.717) is 26.1 Å². The Balaban J connectivity index is 1.32. The van der Waals surface area contributed by atoms with Gasteiger partial charge in [-0.15, -0.1) is 11.3 Å². The van der Waals surface area contributed by atoms with Crippen molar-refractivity contribution in [3.8, 4) is 5.75 Å². The van der Waals surface area contributed by atoms with Gasteiger partial charge in [-0.25, -0.2) is 14.6 Å². The van der Waals surface area contributed by atoms with Crippen molar-refractivity contribution in [1.29, 1.82) is 0 Å². The summed E-state index contributed by atoms with van der Waals surface area (Å²) in [6, 6.07) is 11.6. The predicted molar refractivity (Wildman–Crippen MR) is 117 cm³/mol. The molecule has 0 radical (unpaired) electrons. The Morgan fingerprint density at radius 2 is 2.07 bits per heavy atom. The molecule has 0 spiro atoms. The van der Waals surface area contributed by atoms with Gasteiger partial charge in [0.1, 0.15) is 17.9 Å². The van der Waals surface area contributed by atoms with E-state index in [2.05, 4.69) is 31.8 Å². The van der Waals surface area contributed by atoms with Crippen molar-refractivity contribution in [2.45, 2.75) is 19.5 Å². The standard InChI is InChI=1S/C21H22N6O2S/c1-29-16-6-4-15(5-7-16)11-19(28)22-8-9-27-21-18(13-26-27)20(24-14-25-21)23-12-17-3-2-10-30-17/h2-7,10,13-14H,8-9,11-12H2,1H3,(H,22,28)(H,23,24,25). The molecule has 154 valence electrons. The van der Waals surface area contributed by atoms with E-state index >= 15 is 0 Å². The van der Waals surface area contributed by atoms with Crippen LogP contribution in [0.4, 0.5) is 5.82 Å². The van der Waals surface area contributed by atoms with E-state index < -0.39 is 0 Å². The Morgan fingerprint density at radius 3 is 2.83 bits per heavy atom. The first-order chi connectivity index (χ1) is 14.7. The highest BCUT2D eigenvalue weighted by molar-refractivity contribution is 7.09. The molecule has 8 nitrogen and oxygen atoms in total. The Bertz CT molecular complexity index is 1110. The first kappa shape index (κ1) is 19.8. The minimum absolute atomic E-state index is 0.0374. The van der Waals surface area contributed by atoms with E-state index in [1.54, 1.807) is 29.3 Å². The summed E-state index contributed by atoms with van der Waals surface area (Å²) in [5.41, 5.74) is 1.68. The number of benzene rings is 1. The summed E-state index contributed by atoms with van der Waals surface area (Å²) >= 11 is 1.70. The number of nitrogens with one attached hydrogen (secondary N) is 2. The van der Waals surface area contributed by atoms with E-state index in [4.69, 9.17) is 4.74 Å². The molecule has 4 rings (SSSR count). The fraction of sp³-hybridized carbons (Fsp3) is 0.238. The Morgan fingerprint density at radius 1 is 1.20 bits per heavy atom. The largest absolute Gasteiger partial charge is 0.497 e. The number of carbonyl (C=O) groups excluding carboxylic acids is 1. The number of amides is 1. The van der Waals surface area contributed by atoms with Crippen LogP contribution in [-0.2, 0) is 24.3 Å². The van der Waals surface area contributed by atoms with Crippen molar-refractivity contribution < 1.29 is 9.53 Å². The lowest BCUT2D eigenvalue weighted by atomic mass is 10.1. The number of methoxy groups -OCH3 is 1. The van der Waals surface area contributed by atoms with Gasteiger partial charge >= 0.3 is 0 Å². The summed E-state index contributed by atoms with van der Waals surface area (Å²) in [6.07, 6.45) is 3.60. The van der Waals surface area contributed by atoms with E-state index in [-0.39, 0.29) is 5.91 Å². The van der Waals surface area contributed by atoms with E-state index in [9.17, 15) is 4.79 Å². The molecule has 0 unspecified atom stereocenters. The first-order valence-electron chi connectivity index (χ1n) is 9.55. The van der Waals surface area contributed by atoms with Crippen LogP contribution in [0.3, 0.4) is 0 Å². The lowest BCUT2D eigenvalue weighted by Gasteiger charge is -2.08. The van der Waals surface area contributed by atoms with E-state index in [1.807, 2.05) is 35.7 Å². The van der Waals surface area contributed by atoms with Gasteiger partial charge in [-0.3, -0.25) is 4.79 Å². The molecule has 30 heavy (non-hydrogen) atoms. The SMILES string of the molecule is COc1ccc(CC(=O)NCCn2ncc3c(NCc4cccs4)ncnc32)cc1. The minimum atomic E-state index is -0.0374. The van der Waals surface area contributed by atoms with Gasteiger partial charge in [0.15, 0.2) is 5.65 Å². The van der Waals surface area contributed by atoms with Gasteiger partial charge < -0.3 is 15.4 Å². The average molecular weight is 423 g/mol. The molecule has 0 aliphatic rings. The number of carbonyl (C=O) groups is 1. The Kier molecular flexibility index (Phi) is 6.19. The molecule has 1 aromatic carbocycles. The molecule has 4 aromatic rings. The van der Waals surface area contributed by atoms with Gasteiger partial charge in [0.2, 0.25) is 5.91 Å². The van der Waals surface area contributed by atoms with Crippen molar-refractivity contribution in [3.05, 3.63) is 64.7 Å². The maximum absolute atomic E-state index is 12.2. The predicted octanol–water partition coefficient (Wildman–Crippen LogP) is 2.87. The van der Waals surface area contributed by atoms with Crippen LogP contribution in [-0.4, -0.2) is 39.3 Å². The third kappa shape index (κ3) is 4.74. The van der Waals surface area contributed by atoms with Crippen molar-refractivity contribution in [3.63, 3.8) is 0 Å². The maximum Gasteiger partial charge on any atom is 0.224 e. The van der Waals surface area contributed by atoms with Crippen LogP contribution in [0.25, 0.3) is 11.0 Å². The molecule has 2 N–H and O–H groups in total. The lowest BCUT2D eigenvalue weighted by molar-refractivity contribution is -0.120.